The van der Waals surface area contributed by atoms with E-state index in [9.17, 15) is 28.4 Å². The van der Waals surface area contributed by atoms with Crippen molar-refractivity contribution in [2.75, 3.05) is 32.2 Å². The van der Waals surface area contributed by atoms with Crippen molar-refractivity contribution >= 4 is 25.1 Å². The third-order valence-corrected chi connectivity index (χ3v) is 6.08. The average molecular weight is 483 g/mol. The second kappa shape index (κ2) is 12.5. The van der Waals surface area contributed by atoms with Crippen molar-refractivity contribution in [1.82, 2.24) is 9.55 Å². The quantitative estimate of drug-likeness (QED) is 0.323. The molecule has 0 saturated carbocycles. The fourth-order valence-electron chi connectivity index (χ4n) is 2.59. The molecule has 31 heavy (non-hydrogen) atoms. The molecule has 1 aliphatic rings. The van der Waals surface area contributed by atoms with Crippen LogP contribution in [-0.4, -0.2) is 70.3 Å². The molecular weight excluding hydrogens is 458 g/mol. The molecule has 1 aromatic rings. The van der Waals surface area contributed by atoms with Gasteiger partial charge in [0.1, 0.15) is 12.7 Å². The second-order valence-corrected chi connectivity index (χ2v) is 8.79. The molecule has 0 radical (unpaired) electrons. The highest BCUT2D eigenvalue weighted by atomic mass is 32.2. The number of carbonyl (C=O) groups is 1. The minimum absolute atomic E-state index is 0.0569. The van der Waals surface area contributed by atoms with Gasteiger partial charge in [0.25, 0.3) is 5.56 Å². The highest BCUT2D eigenvalue weighted by Crippen LogP contribution is 2.38. The van der Waals surface area contributed by atoms with Crippen LogP contribution in [0.5, 0.6) is 0 Å². The molecule has 0 amide bonds. The molecule has 1 aliphatic heterocycles. The zero-order valence-corrected chi connectivity index (χ0v) is 18.7. The van der Waals surface area contributed by atoms with Crippen molar-refractivity contribution in [2.45, 2.75) is 38.5 Å². The molecule has 2 rings (SSSR count). The van der Waals surface area contributed by atoms with Crippen molar-refractivity contribution in [3.05, 3.63) is 33.1 Å². The van der Waals surface area contributed by atoms with E-state index in [1.165, 1.54) is 0 Å². The van der Waals surface area contributed by atoms with E-state index in [2.05, 4.69) is 0 Å². The molecule has 0 spiro atoms. The van der Waals surface area contributed by atoms with Crippen molar-refractivity contribution < 1.29 is 37.4 Å². The number of rotatable bonds is 12. The lowest BCUT2D eigenvalue weighted by atomic mass is 10.1. The number of hydrogen-bond donors (Lipinski definition) is 2. The Labute approximate surface area is 182 Å². The zero-order valence-electron chi connectivity index (χ0n) is 17.0. The number of nitrogens with zero attached hydrogens (tertiary/aromatic N) is 1. The van der Waals surface area contributed by atoms with Crippen molar-refractivity contribution in [3.63, 3.8) is 0 Å². The number of aromatic amines is 1. The number of hydrogen-bond acceptors (Lipinski definition) is 10. The SMILES string of the molecule is CC(C)C(=O)SCCOCCO[P+](=O)OC1C(F)[C@H](n2ccc(=O)[nH]c2=O)O[C@@H]1CO. The van der Waals surface area contributed by atoms with Gasteiger partial charge < -0.3 is 14.6 Å². The number of nitrogens with one attached hydrogen (secondary N) is 1. The minimum atomic E-state index is -2.76. The number of halogens is 1. The molecule has 174 valence electrons. The summed E-state index contributed by atoms with van der Waals surface area (Å²) in [5.41, 5.74) is -1.56. The minimum Gasteiger partial charge on any atom is -0.394 e. The highest BCUT2D eigenvalue weighted by Gasteiger charge is 2.51. The van der Waals surface area contributed by atoms with Crippen LogP contribution < -0.4 is 11.2 Å². The van der Waals surface area contributed by atoms with E-state index in [-0.39, 0.29) is 24.2 Å². The molecule has 1 fully saturated rings. The van der Waals surface area contributed by atoms with Crippen LogP contribution in [0.2, 0.25) is 0 Å². The maximum Gasteiger partial charge on any atom is 0.697 e. The number of aliphatic hydroxyl groups is 1. The van der Waals surface area contributed by atoms with Crippen LogP contribution in [0.1, 0.15) is 20.1 Å². The van der Waals surface area contributed by atoms with Crippen LogP contribution in [0.15, 0.2) is 21.9 Å². The molecule has 3 unspecified atom stereocenters. The van der Waals surface area contributed by atoms with E-state index in [0.29, 0.717) is 12.4 Å². The maximum absolute atomic E-state index is 14.8. The maximum atomic E-state index is 14.8. The van der Waals surface area contributed by atoms with Gasteiger partial charge in [-0.3, -0.25) is 19.1 Å². The predicted molar refractivity (Wildman–Crippen MR) is 109 cm³/mol. The normalized spacial score (nSPS) is 24.0. The molecule has 5 atom stereocenters. The summed E-state index contributed by atoms with van der Waals surface area (Å²) >= 11 is 1.16. The summed E-state index contributed by atoms with van der Waals surface area (Å²) in [5.74, 6) is 0.422. The Morgan fingerprint density at radius 2 is 2.13 bits per heavy atom. The van der Waals surface area contributed by atoms with Crippen LogP contribution in [0, 0.1) is 5.92 Å². The van der Waals surface area contributed by atoms with E-state index in [4.69, 9.17) is 18.5 Å². The van der Waals surface area contributed by atoms with E-state index in [1.54, 1.807) is 13.8 Å². The molecule has 14 heteroatoms. The first-order chi connectivity index (χ1) is 14.7. The smallest absolute Gasteiger partial charge is 0.394 e. The monoisotopic (exact) mass is 483 g/mol. The molecule has 11 nitrogen and oxygen atoms in total. The van der Waals surface area contributed by atoms with Gasteiger partial charge in [-0.25, -0.2) is 9.18 Å². The van der Waals surface area contributed by atoms with Crippen molar-refractivity contribution in [1.29, 1.82) is 0 Å². The van der Waals surface area contributed by atoms with Crippen LogP contribution in [0.3, 0.4) is 0 Å². The molecule has 2 N–H and O–H groups in total. The summed E-state index contributed by atoms with van der Waals surface area (Å²) in [7, 11) is -2.76. The predicted octanol–water partition coefficient (Wildman–Crippen LogP) is 0.756. The van der Waals surface area contributed by atoms with Crippen molar-refractivity contribution in [3.8, 4) is 0 Å². The van der Waals surface area contributed by atoms with Crippen LogP contribution in [-0.2, 0) is 27.9 Å². The van der Waals surface area contributed by atoms with E-state index < -0.39 is 50.7 Å². The number of H-pyrrole nitrogens is 1. The summed E-state index contributed by atoms with van der Waals surface area (Å²) in [5, 5.41) is 9.48. The summed E-state index contributed by atoms with van der Waals surface area (Å²) < 4.78 is 48.2. The number of aromatic nitrogens is 2. The average Bonchev–Trinajstić information content (AvgIpc) is 3.02. The second-order valence-electron chi connectivity index (χ2n) is 6.77. The number of aliphatic hydroxyl groups excluding tert-OH is 1. The highest BCUT2D eigenvalue weighted by molar-refractivity contribution is 8.13. The Balaban J connectivity index is 1.78. The van der Waals surface area contributed by atoms with Crippen LogP contribution in [0.4, 0.5) is 4.39 Å². The standard InChI is InChI=1S/C17H24FN2O9PS/c1-10(2)16(23)31-8-7-26-5-6-27-30(25)29-14-11(9-21)28-15(13(14)18)20-4-3-12(22)19-17(20)24/h3-4,10-11,13-15,21H,5-9H2,1-2H3/p+1/t11-,13?,14?,15-/m1/s1. The molecule has 1 aromatic heterocycles. The fourth-order valence-corrected chi connectivity index (χ4v) is 4.06. The lowest BCUT2D eigenvalue weighted by Gasteiger charge is -2.14. The number of carbonyl (C=O) groups excluding carboxylic acids is 1. The summed E-state index contributed by atoms with van der Waals surface area (Å²) in [6, 6.07) is 1.01. The molecule has 1 saturated heterocycles. The summed E-state index contributed by atoms with van der Waals surface area (Å²) in [6.07, 6.45) is -5.06. The lowest BCUT2D eigenvalue weighted by Crippen LogP contribution is -2.36. The summed E-state index contributed by atoms with van der Waals surface area (Å²) in [4.78, 5) is 36.4. The Bertz CT molecular complexity index is 864. The summed E-state index contributed by atoms with van der Waals surface area (Å²) in [6.45, 7) is 3.24. The number of thioether (sulfide) groups is 1. The van der Waals surface area contributed by atoms with Gasteiger partial charge in [0.15, 0.2) is 23.6 Å². The van der Waals surface area contributed by atoms with E-state index in [1.807, 2.05) is 4.98 Å². The largest absolute Gasteiger partial charge is 0.697 e. The van der Waals surface area contributed by atoms with E-state index in [0.717, 1.165) is 28.6 Å². The van der Waals surface area contributed by atoms with Gasteiger partial charge in [0.2, 0.25) is 0 Å². The number of ether oxygens (including phenoxy) is 2. The Kier molecular flexibility index (Phi) is 10.4. The first-order valence-electron chi connectivity index (χ1n) is 9.47. The van der Waals surface area contributed by atoms with E-state index >= 15 is 0 Å². The van der Waals surface area contributed by atoms with Gasteiger partial charge in [0.05, 0.1) is 19.8 Å². The molecule has 0 aliphatic carbocycles. The lowest BCUT2D eigenvalue weighted by molar-refractivity contribution is -0.113. The first kappa shape index (κ1) is 25.8. The molecule has 2 heterocycles. The van der Waals surface area contributed by atoms with Crippen molar-refractivity contribution in [2.24, 2.45) is 5.92 Å². The topological polar surface area (TPSA) is 146 Å². The first-order valence-corrected chi connectivity index (χ1v) is 11.6. The van der Waals surface area contributed by atoms with Crippen LogP contribution in [0.25, 0.3) is 0 Å². The molecule has 0 bridgehead atoms. The van der Waals surface area contributed by atoms with Gasteiger partial charge in [-0.15, -0.1) is 9.05 Å². The molecule has 0 aromatic carbocycles. The zero-order chi connectivity index (χ0) is 23.0. The Hall–Kier alpha value is -1.47. The third-order valence-electron chi connectivity index (χ3n) is 4.15. The van der Waals surface area contributed by atoms with Gasteiger partial charge in [-0.1, -0.05) is 25.6 Å². The number of alkyl halides is 1. The fraction of sp³-hybridized carbons (Fsp3) is 0.706. The Morgan fingerprint density at radius 3 is 2.77 bits per heavy atom. The Morgan fingerprint density at radius 1 is 1.39 bits per heavy atom. The molecular formula is C17H25FN2O9PS+. The van der Waals surface area contributed by atoms with Crippen LogP contribution >= 0.6 is 20.0 Å². The van der Waals surface area contributed by atoms with Gasteiger partial charge in [-0.05, 0) is 0 Å². The van der Waals surface area contributed by atoms with Gasteiger partial charge in [0, 0.05) is 28.5 Å². The third kappa shape index (κ3) is 7.56. The van der Waals surface area contributed by atoms with Gasteiger partial charge >= 0.3 is 13.9 Å². The van der Waals surface area contributed by atoms with Gasteiger partial charge in [-0.2, -0.15) is 0 Å².